The molecule has 0 aliphatic carbocycles. The third kappa shape index (κ3) is 22.6. The molecule has 0 saturated carbocycles. The smallest absolute Gasteiger partial charge is 0.480 e. The summed E-state index contributed by atoms with van der Waals surface area (Å²) in [5.41, 5.74) is 10.2. The van der Waals surface area contributed by atoms with Crippen molar-refractivity contribution < 1.29 is 44.0 Å². The fourth-order valence-corrected chi connectivity index (χ4v) is 0.825. The molecule has 13 nitrogen and oxygen atoms in total. The van der Waals surface area contributed by atoms with Crippen molar-refractivity contribution in [1.29, 1.82) is 5.41 Å². The van der Waals surface area contributed by atoms with Crippen molar-refractivity contribution >= 4 is 68.1 Å². The SMILES string of the molecule is N=C(N)NCCC[C@H](N)C(=O)O.O=C([O-])OC(=O)OC(=O)[O-].[Ca+2]. The second-order valence-corrected chi connectivity index (χ2v) is 3.38. The molecule has 0 aliphatic heterocycles. The van der Waals surface area contributed by atoms with Crippen LogP contribution in [0.3, 0.4) is 0 Å². The van der Waals surface area contributed by atoms with E-state index in [-0.39, 0.29) is 43.7 Å². The van der Waals surface area contributed by atoms with E-state index >= 15 is 0 Å². The topological polar surface area (TPSA) is 241 Å². The van der Waals surface area contributed by atoms with Gasteiger partial charge in [0.1, 0.15) is 6.04 Å². The molecule has 0 rings (SSSR count). The first-order valence-electron chi connectivity index (χ1n) is 5.44. The van der Waals surface area contributed by atoms with Crippen LogP contribution in [-0.4, -0.2) is 85.8 Å². The number of carbonyl (C=O) groups is 4. The third-order valence-corrected chi connectivity index (χ3v) is 1.66. The number of hydrogen-bond donors (Lipinski definition) is 5. The summed E-state index contributed by atoms with van der Waals surface area (Å²) in [5.74, 6) is -1.11. The van der Waals surface area contributed by atoms with Crippen LogP contribution < -0.4 is 27.0 Å². The summed E-state index contributed by atoms with van der Waals surface area (Å²) >= 11 is 0. The van der Waals surface area contributed by atoms with E-state index in [0.717, 1.165) is 0 Å². The minimum absolute atomic E-state index is 0. The predicted molar refractivity (Wildman–Crippen MR) is 68.9 cm³/mol. The molecular weight excluding hydrogens is 348 g/mol. The van der Waals surface area contributed by atoms with E-state index in [9.17, 15) is 29.4 Å². The van der Waals surface area contributed by atoms with Crippen LogP contribution in [-0.2, 0) is 14.3 Å². The predicted octanol–water partition coefficient (Wildman–Crippen LogP) is -3.89. The summed E-state index contributed by atoms with van der Waals surface area (Å²) in [5, 5.41) is 36.4. The van der Waals surface area contributed by atoms with Crippen LogP contribution in [0, 0.1) is 5.41 Å². The van der Waals surface area contributed by atoms with Crippen molar-refractivity contribution in [2.75, 3.05) is 6.54 Å². The first-order chi connectivity index (χ1) is 10.1. The maximum absolute atomic E-state index is 10.2. The van der Waals surface area contributed by atoms with E-state index in [1.165, 1.54) is 0 Å². The zero-order chi connectivity index (χ0) is 17.7. The van der Waals surface area contributed by atoms with Crippen LogP contribution in [0.25, 0.3) is 0 Å². The molecule has 0 aliphatic rings. The molecule has 23 heavy (non-hydrogen) atoms. The van der Waals surface area contributed by atoms with Crippen LogP contribution in [0.5, 0.6) is 0 Å². The average molecular weight is 362 g/mol. The van der Waals surface area contributed by atoms with Gasteiger partial charge in [-0.05, 0) is 12.8 Å². The van der Waals surface area contributed by atoms with E-state index in [1.54, 1.807) is 0 Å². The summed E-state index contributed by atoms with van der Waals surface area (Å²) in [6, 6.07) is -0.821. The van der Waals surface area contributed by atoms with Crippen LogP contribution in [0.2, 0.25) is 0 Å². The fraction of sp³-hybridized carbons (Fsp3) is 0.444. The number of ether oxygens (including phenoxy) is 2. The number of rotatable bonds is 5. The molecule has 0 radical (unpaired) electrons. The van der Waals surface area contributed by atoms with Gasteiger partial charge in [0.15, 0.2) is 5.96 Å². The largest absolute Gasteiger partial charge is 2.00 e. The normalized spacial score (nSPS) is 9.78. The molecule has 1 atom stereocenters. The molecule has 0 heterocycles. The molecule has 14 heteroatoms. The van der Waals surface area contributed by atoms with E-state index < -0.39 is 30.5 Å². The Morgan fingerprint density at radius 3 is 1.91 bits per heavy atom. The summed E-state index contributed by atoms with van der Waals surface area (Å²) in [7, 11) is 0. The molecule has 0 unspecified atom stereocenters. The van der Waals surface area contributed by atoms with Crippen LogP contribution in [0.15, 0.2) is 0 Å². The molecule has 0 amide bonds. The first kappa shape index (κ1) is 26.1. The third-order valence-electron chi connectivity index (χ3n) is 1.66. The van der Waals surface area contributed by atoms with Crippen molar-refractivity contribution in [3.8, 4) is 0 Å². The van der Waals surface area contributed by atoms with Crippen LogP contribution in [0.1, 0.15) is 12.8 Å². The summed E-state index contributed by atoms with van der Waals surface area (Å²) in [4.78, 5) is 38.7. The Labute approximate surface area is 159 Å². The average Bonchev–Trinajstić information content (AvgIpc) is 2.32. The Morgan fingerprint density at radius 2 is 1.61 bits per heavy atom. The molecule has 0 aromatic heterocycles. The van der Waals surface area contributed by atoms with Gasteiger partial charge in [-0.1, -0.05) is 0 Å². The Morgan fingerprint density at radius 1 is 1.17 bits per heavy atom. The minimum Gasteiger partial charge on any atom is -0.480 e. The van der Waals surface area contributed by atoms with E-state index in [2.05, 4.69) is 14.8 Å². The number of carbonyl (C=O) groups excluding carboxylic acids is 3. The molecule has 126 valence electrons. The molecular formula is C9H14CaN4O9. The first-order valence-corrected chi connectivity index (χ1v) is 5.44. The van der Waals surface area contributed by atoms with Crippen molar-refractivity contribution in [3.05, 3.63) is 0 Å². The van der Waals surface area contributed by atoms with Gasteiger partial charge in [-0.25, -0.2) is 4.79 Å². The van der Waals surface area contributed by atoms with Gasteiger partial charge in [-0.15, -0.1) is 0 Å². The second-order valence-electron chi connectivity index (χ2n) is 3.38. The van der Waals surface area contributed by atoms with Gasteiger partial charge >= 0.3 is 49.9 Å². The van der Waals surface area contributed by atoms with Crippen molar-refractivity contribution in [3.63, 3.8) is 0 Å². The Hall–Kier alpha value is -1.83. The van der Waals surface area contributed by atoms with Crippen molar-refractivity contribution in [1.82, 2.24) is 5.32 Å². The van der Waals surface area contributed by atoms with Gasteiger partial charge in [0.25, 0.3) is 12.3 Å². The zero-order valence-electron chi connectivity index (χ0n) is 11.8. The number of carboxylic acid groups (broad SMARTS) is 3. The summed E-state index contributed by atoms with van der Waals surface area (Å²) in [6.07, 6.45) is -5.35. The summed E-state index contributed by atoms with van der Waals surface area (Å²) in [6.45, 7) is 0.482. The number of nitrogens with two attached hydrogens (primary N) is 2. The van der Waals surface area contributed by atoms with Gasteiger partial charge in [-0.3, -0.25) is 10.2 Å². The molecule has 0 bridgehead atoms. The van der Waals surface area contributed by atoms with Gasteiger partial charge in [-0.2, -0.15) is 0 Å². The van der Waals surface area contributed by atoms with E-state index in [1.807, 2.05) is 0 Å². The number of carboxylic acids is 1. The molecule has 0 saturated heterocycles. The standard InChI is InChI=1S/C6H14N4O2.C3H2O7.Ca/c7-4(5(11)12)2-1-3-10-6(8)9;4-1(5)9-3(8)10-2(6)7;/h4H,1-3,7H2,(H,11,12)(H4,8,9,10);(H,4,5)(H,6,7);/q;;+2/p-2/t4-;;/m0../s1. The number of hydrogen-bond acceptors (Lipinski definition) is 10. The van der Waals surface area contributed by atoms with Crippen molar-refractivity contribution in [2.45, 2.75) is 18.9 Å². The zero-order valence-corrected chi connectivity index (χ0v) is 14.0. The Kier molecular flexibility index (Phi) is 17.1. The van der Waals surface area contributed by atoms with Gasteiger partial charge in [0, 0.05) is 6.54 Å². The molecule has 0 spiro atoms. The molecule has 7 N–H and O–H groups in total. The summed E-state index contributed by atoms with van der Waals surface area (Å²) < 4.78 is 6.17. The molecule has 0 fully saturated rings. The number of guanidine groups is 1. The monoisotopic (exact) mass is 362 g/mol. The van der Waals surface area contributed by atoms with E-state index in [0.29, 0.717) is 19.4 Å². The van der Waals surface area contributed by atoms with Crippen LogP contribution in [0.4, 0.5) is 14.4 Å². The maximum Gasteiger partial charge on any atom is 2.00 e. The van der Waals surface area contributed by atoms with Gasteiger partial charge in [0.05, 0.1) is 0 Å². The van der Waals surface area contributed by atoms with Gasteiger partial charge < -0.3 is 51.2 Å². The maximum atomic E-state index is 10.2. The second kappa shape index (κ2) is 15.1. The van der Waals surface area contributed by atoms with Crippen LogP contribution >= 0.6 is 0 Å². The molecule has 0 aromatic rings. The fourth-order valence-electron chi connectivity index (χ4n) is 0.825. The Bertz CT molecular complexity index is 413. The quantitative estimate of drug-likeness (QED) is 0.0787. The van der Waals surface area contributed by atoms with E-state index in [4.69, 9.17) is 22.0 Å². The Balaban J connectivity index is -0.000000338. The number of nitrogens with one attached hydrogen (secondary N) is 2. The van der Waals surface area contributed by atoms with Crippen molar-refractivity contribution in [2.24, 2.45) is 11.5 Å². The molecule has 0 aromatic carbocycles. The minimum atomic E-state index is -2.20. The van der Waals surface area contributed by atoms with Gasteiger partial charge in [0.2, 0.25) is 0 Å². The number of aliphatic carboxylic acids is 1.